The second-order valence-corrected chi connectivity index (χ2v) is 9.68. The van der Waals surface area contributed by atoms with Gasteiger partial charge in [0.2, 0.25) is 0 Å². The number of carbonyl (C=O) groups excluding carboxylic acids is 2. The average molecular weight is 432 g/mol. The molecule has 0 spiro atoms. The van der Waals surface area contributed by atoms with Crippen LogP contribution < -0.4 is 15.8 Å². The van der Waals surface area contributed by atoms with E-state index in [0.29, 0.717) is 16.3 Å². The van der Waals surface area contributed by atoms with Gasteiger partial charge in [0, 0.05) is 16.3 Å². The van der Waals surface area contributed by atoms with Gasteiger partial charge in [0.25, 0.3) is 11.8 Å². The van der Waals surface area contributed by atoms with Gasteiger partial charge < -0.3 is 15.8 Å². The topological polar surface area (TPSA) is 94.3 Å². The average Bonchev–Trinajstić information content (AvgIpc) is 3.30. The molecular weight excluding hydrogens is 414 g/mol. The first-order valence-corrected chi connectivity index (χ1v) is 11.0. The van der Waals surface area contributed by atoms with Crippen molar-refractivity contribution < 1.29 is 14.3 Å². The van der Waals surface area contributed by atoms with Gasteiger partial charge in [-0.3, -0.25) is 9.59 Å². The number of benzene rings is 1. The summed E-state index contributed by atoms with van der Waals surface area (Å²) in [6, 6.07) is 3.90. The number of rotatable bonds is 5. The number of nitrogens with one attached hydrogen (secondary N) is 1. The summed E-state index contributed by atoms with van der Waals surface area (Å²) < 4.78 is 7.91. The predicted octanol–water partition coefficient (Wildman–Crippen LogP) is 4.61. The second-order valence-electron chi connectivity index (χ2n) is 6.31. The molecule has 4 aromatic rings. The maximum Gasteiger partial charge on any atom is 0.262 e. The van der Waals surface area contributed by atoms with Crippen molar-refractivity contribution in [3.63, 3.8) is 0 Å². The van der Waals surface area contributed by atoms with Crippen LogP contribution in [0.15, 0.2) is 17.5 Å². The molecule has 0 aliphatic heterocycles. The van der Waals surface area contributed by atoms with Crippen LogP contribution in [-0.4, -0.2) is 23.4 Å². The molecular formula is C19H17N3O3S3. The summed E-state index contributed by atoms with van der Waals surface area (Å²) in [5, 5.41) is 7.13. The minimum atomic E-state index is -0.552. The summed E-state index contributed by atoms with van der Waals surface area (Å²) in [6.07, 6.45) is 0. The number of fused-ring (bicyclic) bond motifs is 3. The fraction of sp³-hybridized carbons (Fsp3) is 0.211. The fourth-order valence-corrected chi connectivity index (χ4v) is 5.94. The van der Waals surface area contributed by atoms with Gasteiger partial charge in [-0.15, -0.1) is 34.0 Å². The van der Waals surface area contributed by atoms with E-state index in [2.05, 4.69) is 10.3 Å². The lowest BCUT2D eigenvalue weighted by atomic mass is 10.1. The number of nitrogens with zero attached hydrogens (tertiary/aromatic N) is 1. The molecule has 3 N–H and O–H groups in total. The Kier molecular flexibility index (Phi) is 4.82. The van der Waals surface area contributed by atoms with Crippen molar-refractivity contribution in [1.29, 1.82) is 0 Å². The molecule has 0 atom stereocenters. The van der Waals surface area contributed by atoms with Crippen molar-refractivity contribution in [1.82, 2.24) is 4.98 Å². The summed E-state index contributed by atoms with van der Waals surface area (Å²) in [5.74, 6) is -0.243. The third-order valence-corrected chi connectivity index (χ3v) is 7.37. The fourth-order valence-electron chi connectivity index (χ4n) is 3.02. The first-order chi connectivity index (χ1) is 13.3. The Morgan fingerprint density at radius 3 is 2.79 bits per heavy atom. The third-order valence-electron chi connectivity index (χ3n) is 4.41. The van der Waals surface area contributed by atoms with Gasteiger partial charge in [-0.1, -0.05) is 0 Å². The number of aromatic nitrogens is 1. The van der Waals surface area contributed by atoms with Gasteiger partial charge >= 0.3 is 0 Å². The molecule has 0 saturated heterocycles. The molecule has 9 heteroatoms. The first kappa shape index (κ1) is 18.9. The smallest absolute Gasteiger partial charge is 0.262 e. The summed E-state index contributed by atoms with van der Waals surface area (Å²) in [6.45, 7) is 5.51. The Bertz CT molecular complexity index is 1240. The molecule has 3 heterocycles. The van der Waals surface area contributed by atoms with Gasteiger partial charge in [0.1, 0.15) is 10.8 Å². The highest BCUT2D eigenvalue weighted by Gasteiger charge is 2.19. The van der Waals surface area contributed by atoms with Crippen LogP contribution in [0.5, 0.6) is 5.75 Å². The highest BCUT2D eigenvalue weighted by Crippen LogP contribution is 2.39. The number of carbonyl (C=O) groups is 2. The molecule has 0 aliphatic rings. The maximum absolute atomic E-state index is 12.4. The van der Waals surface area contributed by atoms with E-state index in [1.165, 1.54) is 11.3 Å². The van der Waals surface area contributed by atoms with Crippen LogP contribution in [0, 0.1) is 20.8 Å². The SMILES string of the molecule is Cc1nc2c(cc(OCC(=O)Nc3sc(C)c(C)c3C(N)=O)c3ccsc32)s1. The molecule has 0 unspecified atom stereocenters. The largest absolute Gasteiger partial charge is 0.483 e. The zero-order chi connectivity index (χ0) is 20.0. The van der Waals surface area contributed by atoms with Gasteiger partial charge in [-0.2, -0.15) is 0 Å². The molecule has 0 fully saturated rings. The van der Waals surface area contributed by atoms with E-state index in [9.17, 15) is 9.59 Å². The van der Waals surface area contributed by atoms with E-state index in [1.807, 2.05) is 38.3 Å². The number of ether oxygens (including phenoxy) is 1. The van der Waals surface area contributed by atoms with Gasteiger partial charge in [-0.05, 0) is 37.8 Å². The first-order valence-electron chi connectivity index (χ1n) is 8.45. The Morgan fingerprint density at radius 1 is 1.25 bits per heavy atom. The van der Waals surface area contributed by atoms with Crippen LogP contribution in [0.3, 0.4) is 0 Å². The zero-order valence-corrected chi connectivity index (χ0v) is 17.9. The van der Waals surface area contributed by atoms with Gasteiger partial charge in [-0.25, -0.2) is 4.98 Å². The molecule has 0 bridgehead atoms. The minimum absolute atomic E-state index is 0.164. The standard InChI is InChI=1S/C19H17N3O3S3/c1-8-9(2)27-19(15(8)18(20)24)22-14(23)7-25-12-6-13-16(21-10(3)28-13)17-11(12)4-5-26-17/h4-6H,7H2,1-3H3,(H2,20,24)(H,22,23). The highest BCUT2D eigenvalue weighted by atomic mass is 32.1. The van der Waals surface area contributed by atoms with E-state index < -0.39 is 5.91 Å². The monoisotopic (exact) mass is 431 g/mol. The zero-order valence-electron chi connectivity index (χ0n) is 15.4. The van der Waals surface area contributed by atoms with Crippen molar-refractivity contribution >= 4 is 71.1 Å². The van der Waals surface area contributed by atoms with Crippen LogP contribution >= 0.6 is 34.0 Å². The van der Waals surface area contributed by atoms with Crippen molar-refractivity contribution in [3.05, 3.63) is 38.5 Å². The summed E-state index contributed by atoms with van der Waals surface area (Å²) in [5.41, 5.74) is 7.58. The number of primary amides is 1. The Labute approximate surface area is 173 Å². The number of anilines is 1. The lowest BCUT2D eigenvalue weighted by Crippen LogP contribution is -2.22. The Morgan fingerprint density at radius 2 is 2.04 bits per heavy atom. The molecule has 1 aromatic carbocycles. The van der Waals surface area contributed by atoms with Crippen molar-refractivity contribution in [3.8, 4) is 5.75 Å². The third kappa shape index (κ3) is 3.25. The van der Waals surface area contributed by atoms with Crippen molar-refractivity contribution in [2.24, 2.45) is 5.73 Å². The highest BCUT2D eigenvalue weighted by molar-refractivity contribution is 7.21. The number of hydrogen-bond acceptors (Lipinski definition) is 7. The quantitative estimate of drug-likeness (QED) is 0.482. The van der Waals surface area contributed by atoms with E-state index in [4.69, 9.17) is 10.5 Å². The van der Waals surface area contributed by atoms with E-state index in [0.717, 1.165) is 35.8 Å². The number of nitrogens with two attached hydrogens (primary N) is 1. The van der Waals surface area contributed by atoms with Crippen LogP contribution in [0.2, 0.25) is 0 Å². The number of thiazole rings is 1. The molecule has 2 amide bonds. The maximum atomic E-state index is 12.4. The molecule has 28 heavy (non-hydrogen) atoms. The summed E-state index contributed by atoms with van der Waals surface area (Å²) in [7, 11) is 0. The molecule has 144 valence electrons. The molecule has 6 nitrogen and oxygen atoms in total. The number of amides is 2. The normalized spacial score (nSPS) is 11.2. The second kappa shape index (κ2) is 7.16. The molecule has 3 aromatic heterocycles. The Balaban J connectivity index is 1.56. The minimum Gasteiger partial charge on any atom is -0.483 e. The van der Waals surface area contributed by atoms with Gasteiger partial charge in [0.15, 0.2) is 6.61 Å². The lowest BCUT2D eigenvalue weighted by molar-refractivity contribution is -0.118. The van der Waals surface area contributed by atoms with Gasteiger partial charge in [0.05, 0.1) is 25.5 Å². The van der Waals surface area contributed by atoms with E-state index in [-0.39, 0.29) is 12.5 Å². The molecule has 0 radical (unpaired) electrons. The lowest BCUT2D eigenvalue weighted by Gasteiger charge is -2.09. The van der Waals surface area contributed by atoms with Crippen LogP contribution in [0.1, 0.15) is 25.8 Å². The van der Waals surface area contributed by atoms with Crippen molar-refractivity contribution in [2.45, 2.75) is 20.8 Å². The molecule has 0 saturated carbocycles. The number of hydrogen-bond donors (Lipinski definition) is 2. The van der Waals surface area contributed by atoms with E-state index >= 15 is 0 Å². The van der Waals surface area contributed by atoms with E-state index in [1.54, 1.807) is 22.7 Å². The van der Waals surface area contributed by atoms with Crippen LogP contribution in [-0.2, 0) is 4.79 Å². The number of aryl methyl sites for hydroxylation is 2. The van der Waals surface area contributed by atoms with Crippen LogP contribution in [0.25, 0.3) is 20.3 Å². The number of thiophene rings is 2. The molecule has 4 rings (SSSR count). The Hall–Kier alpha value is -2.49. The van der Waals surface area contributed by atoms with Crippen LogP contribution in [0.4, 0.5) is 5.00 Å². The summed E-state index contributed by atoms with van der Waals surface area (Å²) >= 11 is 4.54. The van der Waals surface area contributed by atoms with Crippen molar-refractivity contribution in [2.75, 3.05) is 11.9 Å². The summed E-state index contributed by atoms with van der Waals surface area (Å²) in [4.78, 5) is 29.7. The molecule has 0 aliphatic carbocycles. The predicted molar refractivity (Wildman–Crippen MR) is 116 cm³/mol.